The Labute approximate surface area is 158 Å². The molecule has 0 heterocycles. The molecule has 0 bridgehead atoms. The lowest BCUT2D eigenvalue weighted by atomic mass is 9.98. The lowest BCUT2D eigenvalue weighted by Crippen LogP contribution is -2.00. The van der Waals surface area contributed by atoms with Gasteiger partial charge < -0.3 is 9.05 Å². The Balaban J connectivity index is 1.97. The number of aryl methyl sites for hydroxylation is 2. The Bertz CT molecular complexity index is 679. The van der Waals surface area contributed by atoms with Crippen molar-refractivity contribution < 1.29 is 13.6 Å². The van der Waals surface area contributed by atoms with Crippen LogP contribution < -0.4 is 0 Å². The van der Waals surface area contributed by atoms with Gasteiger partial charge in [-0.3, -0.25) is 4.57 Å². The maximum absolute atomic E-state index is 12.2. The summed E-state index contributed by atoms with van der Waals surface area (Å²) in [4.78, 5) is 0. The fraction of sp³-hybridized carbons (Fsp3) is 0.455. The smallest absolute Gasteiger partial charge is 0.306 e. The van der Waals surface area contributed by atoms with E-state index in [1.807, 2.05) is 24.3 Å². The van der Waals surface area contributed by atoms with Gasteiger partial charge in [0.05, 0.1) is 13.2 Å². The molecular weight excluding hydrogens is 343 g/mol. The van der Waals surface area contributed by atoms with Crippen molar-refractivity contribution in [2.24, 2.45) is 0 Å². The Kier molecular flexibility index (Phi) is 8.58. The van der Waals surface area contributed by atoms with Crippen LogP contribution in [-0.4, -0.2) is 0 Å². The summed E-state index contributed by atoms with van der Waals surface area (Å²) < 4.78 is 23.3. The van der Waals surface area contributed by atoms with E-state index >= 15 is 0 Å². The van der Waals surface area contributed by atoms with Crippen molar-refractivity contribution in [2.75, 3.05) is 0 Å². The average molecular weight is 374 g/mol. The summed E-state index contributed by atoms with van der Waals surface area (Å²) in [6.07, 6.45) is 3.90. The van der Waals surface area contributed by atoms with Crippen molar-refractivity contribution in [3.8, 4) is 0 Å². The van der Waals surface area contributed by atoms with Crippen molar-refractivity contribution in [3.63, 3.8) is 0 Å². The maximum Gasteiger partial charge on any atom is 0.319 e. The molecule has 0 radical (unpaired) electrons. The van der Waals surface area contributed by atoms with E-state index in [4.69, 9.17) is 9.05 Å². The van der Waals surface area contributed by atoms with E-state index in [1.165, 1.54) is 22.3 Å². The normalized spacial score (nSPS) is 11.3. The van der Waals surface area contributed by atoms with Gasteiger partial charge in [0.2, 0.25) is 0 Å². The summed E-state index contributed by atoms with van der Waals surface area (Å²) in [7, 11) is -2.52. The third-order valence-corrected chi connectivity index (χ3v) is 5.66. The van der Waals surface area contributed by atoms with Gasteiger partial charge in [-0.25, -0.2) is 0 Å². The van der Waals surface area contributed by atoms with Crippen LogP contribution in [-0.2, 0) is 52.5 Å². The number of benzene rings is 2. The highest BCUT2D eigenvalue weighted by atomic mass is 31.1. The van der Waals surface area contributed by atoms with Crippen LogP contribution >= 0.6 is 8.25 Å². The van der Waals surface area contributed by atoms with Crippen molar-refractivity contribution in [1.82, 2.24) is 0 Å². The summed E-state index contributed by atoms with van der Waals surface area (Å²) in [5, 5.41) is 0. The van der Waals surface area contributed by atoms with Gasteiger partial charge in [0, 0.05) is 0 Å². The zero-order valence-corrected chi connectivity index (χ0v) is 17.4. The van der Waals surface area contributed by atoms with E-state index < -0.39 is 8.25 Å². The van der Waals surface area contributed by atoms with Gasteiger partial charge in [-0.2, -0.15) is 0 Å². The molecule has 0 fully saturated rings. The SMILES string of the molecule is CCc1cccc(CO[PH](=O)OCc2cccc(CC)c2CC)c1CC. The first-order chi connectivity index (χ1) is 12.6. The first-order valence-electron chi connectivity index (χ1n) is 9.63. The Morgan fingerprint density at radius 2 is 1.04 bits per heavy atom. The standard InChI is InChI=1S/C22H31O3P/c1-5-17-11-9-13-19(21(17)7-3)15-24-26(23)25-16-20-14-10-12-18(6-2)22(20)8-4/h9-14,26H,5-8,15-16H2,1-4H3. The molecule has 0 spiro atoms. The van der Waals surface area contributed by atoms with Crippen LogP contribution in [0.1, 0.15) is 61.1 Å². The minimum absolute atomic E-state index is 0.338. The van der Waals surface area contributed by atoms with Crippen LogP contribution in [0.15, 0.2) is 36.4 Å². The molecule has 0 saturated carbocycles. The summed E-state index contributed by atoms with van der Waals surface area (Å²) in [6.45, 7) is 9.27. The predicted molar refractivity (Wildman–Crippen MR) is 109 cm³/mol. The molecular formula is C22H31O3P. The van der Waals surface area contributed by atoms with Crippen LogP contribution in [0.3, 0.4) is 0 Å². The fourth-order valence-corrected chi connectivity index (χ4v) is 4.16. The minimum atomic E-state index is -2.52. The van der Waals surface area contributed by atoms with Crippen LogP contribution in [0.2, 0.25) is 0 Å². The average Bonchev–Trinajstić information content (AvgIpc) is 2.69. The molecule has 0 aliphatic rings. The summed E-state index contributed by atoms with van der Waals surface area (Å²) >= 11 is 0. The molecule has 0 atom stereocenters. The van der Waals surface area contributed by atoms with Crippen LogP contribution in [0.4, 0.5) is 0 Å². The molecule has 2 aromatic rings. The maximum atomic E-state index is 12.2. The van der Waals surface area contributed by atoms with E-state index in [1.54, 1.807) is 0 Å². The zero-order chi connectivity index (χ0) is 18.9. The monoisotopic (exact) mass is 374 g/mol. The van der Waals surface area contributed by atoms with E-state index in [0.717, 1.165) is 36.8 Å². The second-order valence-corrected chi connectivity index (χ2v) is 7.43. The number of hydrogen-bond acceptors (Lipinski definition) is 3. The highest BCUT2D eigenvalue weighted by Gasteiger charge is 2.10. The number of rotatable bonds is 10. The minimum Gasteiger partial charge on any atom is -0.306 e. The fourth-order valence-electron chi connectivity index (χ4n) is 3.53. The number of hydrogen-bond donors (Lipinski definition) is 0. The van der Waals surface area contributed by atoms with E-state index in [0.29, 0.717) is 13.2 Å². The first kappa shape index (κ1) is 20.9. The Morgan fingerprint density at radius 1 is 0.654 bits per heavy atom. The Hall–Kier alpha value is -1.41. The molecule has 0 aliphatic carbocycles. The molecule has 0 amide bonds. The van der Waals surface area contributed by atoms with Gasteiger partial charge in [-0.1, -0.05) is 64.1 Å². The summed E-state index contributed by atoms with van der Waals surface area (Å²) in [6, 6.07) is 12.5. The van der Waals surface area contributed by atoms with Gasteiger partial charge in [0.1, 0.15) is 0 Å². The van der Waals surface area contributed by atoms with E-state index in [2.05, 4.69) is 39.8 Å². The lowest BCUT2D eigenvalue weighted by Gasteiger charge is -2.14. The lowest BCUT2D eigenvalue weighted by molar-refractivity contribution is 0.212. The van der Waals surface area contributed by atoms with Crippen molar-refractivity contribution >= 4 is 8.25 Å². The molecule has 2 aromatic carbocycles. The van der Waals surface area contributed by atoms with E-state index in [-0.39, 0.29) is 0 Å². The topological polar surface area (TPSA) is 35.5 Å². The van der Waals surface area contributed by atoms with Gasteiger partial charge in [0.15, 0.2) is 0 Å². The van der Waals surface area contributed by atoms with Crippen LogP contribution in [0.25, 0.3) is 0 Å². The first-order valence-corrected chi connectivity index (χ1v) is 10.9. The second-order valence-electron chi connectivity index (χ2n) is 6.35. The quantitative estimate of drug-likeness (QED) is 0.474. The Morgan fingerprint density at radius 3 is 1.38 bits per heavy atom. The van der Waals surface area contributed by atoms with Crippen LogP contribution in [0, 0.1) is 0 Å². The van der Waals surface area contributed by atoms with Crippen LogP contribution in [0.5, 0.6) is 0 Å². The molecule has 0 aromatic heterocycles. The van der Waals surface area contributed by atoms with E-state index in [9.17, 15) is 4.57 Å². The molecule has 0 aliphatic heterocycles. The largest absolute Gasteiger partial charge is 0.319 e. The molecule has 4 heteroatoms. The van der Waals surface area contributed by atoms with Gasteiger partial charge >= 0.3 is 8.25 Å². The molecule has 0 unspecified atom stereocenters. The second kappa shape index (κ2) is 10.7. The van der Waals surface area contributed by atoms with Crippen molar-refractivity contribution in [1.29, 1.82) is 0 Å². The van der Waals surface area contributed by atoms with Crippen molar-refractivity contribution in [2.45, 2.75) is 66.6 Å². The molecule has 0 saturated heterocycles. The highest BCUT2D eigenvalue weighted by molar-refractivity contribution is 7.33. The van der Waals surface area contributed by atoms with Crippen molar-refractivity contribution in [3.05, 3.63) is 69.8 Å². The summed E-state index contributed by atoms with van der Waals surface area (Å²) in [5.41, 5.74) is 7.48. The zero-order valence-electron chi connectivity index (χ0n) is 16.4. The molecule has 0 N–H and O–H groups in total. The third-order valence-electron chi connectivity index (χ3n) is 4.90. The van der Waals surface area contributed by atoms with Gasteiger partial charge in [-0.15, -0.1) is 0 Å². The molecule has 142 valence electrons. The molecule has 3 nitrogen and oxygen atoms in total. The summed E-state index contributed by atoms with van der Waals surface area (Å²) in [5.74, 6) is 0. The third kappa shape index (κ3) is 5.30. The van der Waals surface area contributed by atoms with Gasteiger partial charge in [-0.05, 0) is 59.1 Å². The molecule has 26 heavy (non-hydrogen) atoms. The molecule has 2 rings (SSSR count). The van der Waals surface area contributed by atoms with Gasteiger partial charge in [0.25, 0.3) is 0 Å². The highest BCUT2D eigenvalue weighted by Crippen LogP contribution is 2.30. The predicted octanol–water partition coefficient (Wildman–Crippen LogP) is 6.06.